The van der Waals surface area contributed by atoms with Crippen LogP contribution in [0, 0.1) is 5.82 Å². The van der Waals surface area contributed by atoms with Gasteiger partial charge in [-0.3, -0.25) is 0 Å². The van der Waals surface area contributed by atoms with Crippen molar-refractivity contribution in [1.82, 2.24) is 9.97 Å². The van der Waals surface area contributed by atoms with Gasteiger partial charge < -0.3 is 15.0 Å². The number of nitrogens with one attached hydrogen (secondary N) is 1. The summed E-state index contributed by atoms with van der Waals surface area (Å²) >= 11 is 0. The van der Waals surface area contributed by atoms with Crippen LogP contribution < -0.4 is 4.90 Å². The van der Waals surface area contributed by atoms with Crippen molar-refractivity contribution in [3.8, 4) is 0 Å². The average Bonchev–Trinajstić information content (AvgIpc) is 2.95. The Balaban J connectivity index is 1.83. The highest BCUT2D eigenvalue weighted by molar-refractivity contribution is 5.77. The maximum absolute atomic E-state index is 13.1. The zero-order valence-corrected chi connectivity index (χ0v) is 11.0. The lowest BCUT2D eigenvalue weighted by Crippen LogP contribution is -2.39. The number of aromatic nitrogens is 2. The molecule has 0 aliphatic heterocycles. The minimum absolute atomic E-state index is 0.278. The predicted molar refractivity (Wildman–Crippen MR) is 72.7 cm³/mol. The molecule has 0 unspecified atom stereocenters. The van der Waals surface area contributed by atoms with Gasteiger partial charge in [0, 0.05) is 13.6 Å². The lowest BCUT2D eigenvalue weighted by molar-refractivity contribution is 0.0557. The summed E-state index contributed by atoms with van der Waals surface area (Å²) in [5.74, 6) is 0.390. The maximum atomic E-state index is 13.1. The van der Waals surface area contributed by atoms with Crippen LogP contribution in [0.25, 0.3) is 11.0 Å². The zero-order valence-electron chi connectivity index (χ0n) is 11.0. The zero-order chi connectivity index (χ0) is 13.5. The van der Waals surface area contributed by atoms with Gasteiger partial charge in [-0.05, 0) is 31.0 Å². The quantitative estimate of drug-likeness (QED) is 0.894. The molecule has 0 bridgehead atoms. The third-order valence-electron chi connectivity index (χ3n) is 3.86. The van der Waals surface area contributed by atoms with E-state index < -0.39 is 5.60 Å². The van der Waals surface area contributed by atoms with E-state index in [-0.39, 0.29) is 5.82 Å². The van der Waals surface area contributed by atoms with E-state index in [1.807, 2.05) is 11.9 Å². The van der Waals surface area contributed by atoms with Gasteiger partial charge in [-0.25, -0.2) is 9.37 Å². The number of imidazole rings is 1. The highest BCUT2D eigenvalue weighted by Crippen LogP contribution is 2.31. The standard InChI is InChI=1S/C14H18FN3O/c1-18(9-14(19)6-2-3-7-14)13-16-11-5-4-10(15)8-12(11)17-13/h4-5,8,19H,2-3,6-7,9H2,1H3,(H,16,17). The summed E-state index contributed by atoms with van der Waals surface area (Å²) in [5.41, 5.74) is 0.806. The first kappa shape index (κ1) is 12.4. The van der Waals surface area contributed by atoms with Gasteiger partial charge >= 0.3 is 0 Å². The summed E-state index contributed by atoms with van der Waals surface area (Å²) in [4.78, 5) is 9.42. The molecule has 0 amide bonds. The maximum Gasteiger partial charge on any atom is 0.203 e. The molecule has 5 heteroatoms. The SMILES string of the molecule is CN(CC1(O)CCCC1)c1nc2ccc(F)cc2[nH]1. The molecule has 1 aliphatic carbocycles. The molecule has 1 aliphatic rings. The van der Waals surface area contributed by atoms with Crippen LogP contribution in [-0.2, 0) is 0 Å². The van der Waals surface area contributed by atoms with Crippen LogP contribution in [0.5, 0.6) is 0 Å². The number of nitrogens with zero attached hydrogens (tertiary/aromatic N) is 2. The number of hydrogen-bond acceptors (Lipinski definition) is 3. The second-order valence-corrected chi connectivity index (χ2v) is 5.51. The van der Waals surface area contributed by atoms with Crippen molar-refractivity contribution < 1.29 is 9.50 Å². The fourth-order valence-corrected chi connectivity index (χ4v) is 2.86. The van der Waals surface area contributed by atoms with Gasteiger partial charge in [-0.1, -0.05) is 12.8 Å². The summed E-state index contributed by atoms with van der Waals surface area (Å²) < 4.78 is 13.1. The molecule has 3 rings (SSSR count). The van der Waals surface area contributed by atoms with Crippen LogP contribution in [-0.4, -0.2) is 34.3 Å². The number of fused-ring (bicyclic) bond motifs is 1. The van der Waals surface area contributed by atoms with Gasteiger partial charge in [0.1, 0.15) is 5.82 Å². The Labute approximate surface area is 111 Å². The van der Waals surface area contributed by atoms with Crippen molar-refractivity contribution in [2.45, 2.75) is 31.3 Å². The monoisotopic (exact) mass is 263 g/mol. The number of rotatable bonds is 3. The van der Waals surface area contributed by atoms with Gasteiger partial charge in [0.15, 0.2) is 0 Å². The molecule has 0 atom stereocenters. The smallest absolute Gasteiger partial charge is 0.203 e. The molecule has 0 spiro atoms. The first-order valence-electron chi connectivity index (χ1n) is 6.65. The van der Waals surface area contributed by atoms with E-state index >= 15 is 0 Å². The minimum atomic E-state index is -0.612. The van der Waals surface area contributed by atoms with Crippen LogP contribution in [0.2, 0.25) is 0 Å². The van der Waals surface area contributed by atoms with E-state index in [2.05, 4.69) is 9.97 Å². The Bertz CT molecular complexity index is 589. The molecular formula is C14H18FN3O. The molecule has 19 heavy (non-hydrogen) atoms. The van der Waals surface area contributed by atoms with E-state index in [9.17, 15) is 9.50 Å². The molecule has 1 saturated carbocycles. The number of hydrogen-bond donors (Lipinski definition) is 2. The molecule has 2 aromatic rings. The van der Waals surface area contributed by atoms with Gasteiger partial charge in [-0.2, -0.15) is 0 Å². The number of halogens is 1. The normalized spacial score (nSPS) is 18.1. The number of likely N-dealkylation sites (N-methyl/N-ethyl adjacent to an activating group) is 1. The van der Waals surface area contributed by atoms with Crippen LogP contribution in [0.3, 0.4) is 0 Å². The molecule has 0 saturated heterocycles. The topological polar surface area (TPSA) is 52.1 Å². The molecule has 102 valence electrons. The van der Waals surface area contributed by atoms with E-state index in [0.29, 0.717) is 18.0 Å². The van der Waals surface area contributed by atoms with Crippen LogP contribution in [0.4, 0.5) is 10.3 Å². The van der Waals surface area contributed by atoms with Crippen LogP contribution >= 0.6 is 0 Å². The molecule has 1 aromatic heterocycles. The predicted octanol–water partition coefficient (Wildman–Crippen LogP) is 2.44. The van der Waals surface area contributed by atoms with Crippen molar-refractivity contribution in [3.05, 3.63) is 24.0 Å². The number of benzene rings is 1. The van der Waals surface area contributed by atoms with Crippen molar-refractivity contribution >= 4 is 17.0 Å². The summed E-state index contributed by atoms with van der Waals surface area (Å²) in [6.07, 6.45) is 3.84. The molecule has 0 radical (unpaired) electrons. The number of H-pyrrole nitrogens is 1. The summed E-state index contributed by atoms with van der Waals surface area (Å²) in [5, 5.41) is 10.4. The molecular weight excluding hydrogens is 245 g/mol. The largest absolute Gasteiger partial charge is 0.388 e. The van der Waals surface area contributed by atoms with E-state index in [1.54, 1.807) is 6.07 Å². The molecule has 1 aromatic carbocycles. The fourth-order valence-electron chi connectivity index (χ4n) is 2.86. The highest BCUT2D eigenvalue weighted by atomic mass is 19.1. The van der Waals surface area contributed by atoms with Crippen molar-refractivity contribution in [2.24, 2.45) is 0 Å². The Hall–Kier alpha value is -1.62. The summed E-state index contributed by atoms with van der Waals surface area (Å²) in [6, 6.07) is 4.49. The van der Waals surface area contributed by atoms with Gasteiger partial charge in [-0.15, -0.1) is 0 Å². The van der Waals surface area contributed by atoms with Crippen molar-refractivity contribution in [1.29, 1.82) is 0 Å². The van der Waals surface area contributed by atoms with Crippen molar-refractivity contribution in [3.63, 3.8) is 0 Å². The Morgan fingerprint density at radius 3 is 2.89 bits per heavy atom. The lowest BCUT2D eigenvalue weighted by Gasteiger charge is -2.28. The first-order valence-corrected chi connectivity index (χ1v) is 6.65. The van der Waals surface area contributed by atoms with E-state index in [0.717, 1.165) is 31.2 Å². The Morgan fingerprint density at radius 1 is 1.42 bits per heavy atom. The second-order valence-electron chi connectivity index (χ2n) is 5.51. The Morgan fingerprint density at radius 2 is 2.16 bits per heavy atom. The van der Waals surface area contributed by atoms with Crippen LogP contribution in [0.1, 0.15) is 25.7 Å². The molecule has 2 N–H and O–H groups in total. The average molecular weight is 263 g/mol. The summed E-state index contributed by atoms with van der Waals surface area (Å²) in [7, 11) is 1.89. The number of anilines is 1. The third kappa shape index (κ3) is 2.42. The van der Waals surface area contributed by atoms with E-state index in [1.165, 1.54) is 12.1 Å². The van der Waals surface area contributed by atoms with E-state index in [4.69, 9.17) is 0 Å². The first-order chi connectivity index (χ1) is 9.06. The van der Waals surface area contributed by atoms with Gasteiger partial charge in [0.25, 0.3) is 0 Å². The third-order valence-corrected chi connectivity index (χ3v) is 3.86. The lowest BCUT2D eigenvalue weighted by atomic mass is 10.0. The molecule has 4 nitrogen and oxygen atoms in total. The number of aromatic amines is 1. The Kier molecular flexibility index (Phi) is 2.93. The van der Waals surface area contributed by atoms with Gasteiger partial charge in [0.2, 0.25) is 5.95 Å². The fraction of sp³-hybridized carbons (Fsp3) is 0.500. The van der Waals surface area contributed by atoms with Gasteiger partial charge in [0.05, 0.1) is 16.6 Å². The molecule has 1 fully saturated rings. The van der Waals surface area contributed by atoms with Crippen molar-refractivity contribution in [2.75, 3.05) is 18.5 Å². The molecule has 1 heterocycles. The number of aliphatic hydroxyl groups is 1. The highest BCUT2D eigenvalue weighted by Gasteiger charge is 2.32. The van der Waals surface area contributed by atoms with Crippen LogP contribution in [0.15, 0.2) is 18.2 Å². The summed E-state index contributed by atoms with van der Waals surface area (Å²) in [6.45, 7) is 0.551. The second kappa shape index (κ2) is 4.49. The minimum Gasteiger partial charge on any atom is -0.388 e.